The van der Waals surface area contributed by atoms with Gasteiger partial charge in [0.25, 0.3) is 0 Å². The van der Waals surface area contributed by atoms with Crippen molar-refractivity contribution in [3.63, 3.8) is 0 Å². The zero-order chi connectivity index (χ0) is 6.69. The minimum absolute atomic E-state index is 0.829. The van der Waals surface area contributed by atoms with Crippen molar-refractivity contribution in [2.45, 2.75) is 26.2 Å². The van der Waals surface area contributed by atoms with Crippen LogP contribution in [0.5, 0.6) is 0 Å². The summed E-state index contributed by atoms with van der Waals surface area (Å²) < 4.78 is 0. The van der Waals surface area contributed by atoms with Gasteiger partial charge in [-0.05, 0) is 32.4 Å². The van der Waals surface area contributed by atoms with Gasteiger partial charge in [0.2, 0.25) is 0 Å². The molecule has 1 fully saturated rings. The lowest BCUT2D eigenvalue weighted by atomic mass is 9.81. The fraction of sp³-hybridized carbons (Fsp3) is 0.625. The Kier molecular flexibility index (Phi) is 2.04. The summed E-state index contributed by atoms with van der Waals surface area (Å²) in [4.78, 5) is 3.73. The van der Waals surface area contributed by atoms with Crippen LogP contribution in [-0.4, -0.2) is 6.72 Å². The van der Waals surface area contributed by atoms with E-state index >= 15 is 0 Å². The first-order valence-electron chi connectivity index (χ1n) is 3.47. The molecule has 0 unspecified atom stereocenters. The highest BCUT2D eigenvalue weighted by molar-refractivity contribution is 5.26. The van der Waals surface area contributed by atoms with Crippen LogP contribution in [0.25, 0.3) is 0 Å². The molecule has 0 heterocycles. The molecule has 0 aromatic rings. The predicted molar refractivity (Wildman–Crippen MR) is 40.6 cm³/mol. The first-order valence-corrected chi connectivity index (χ1v) is 3.47. The van der Waals surface area contributed by atoms with Crippen LogP contribution in [0.15, 0.2) is 16.8 Å². The van der Waals surface area contributed by atoms with Gasteiger partial charge >= 0.3 is 0 Å². The molecular weight excluding hydrogens is 110 g/mol. The van der Waals surface area contributed by atoms with Gasteiger partial charge in [-0.25, -0.2) is 0 Å². The van der Waals surface area contributed by atoms with Crippen LogP contribution in [0.3, 0.4) is 0 Å². The lowest BCUT2D eigenvalue weighted by Crippen LogP contribution is -2.11. The van der Waals surface area contributed by atoms with Gasteiger partial charge in [0.15, 0.2) is 0 Å². The first-order chi connectivity index (χ1) is 4.34. The number of rotatable bonds is 2. The number of nitrogens with zero attached hydrogens (tertiary/aromatic N) is 1. The molecule has 0 radical (unpaired) electrons. The molecule has 0 aliphatic heterocycles. The molecule has 1 heteroatoms. The summed E-state index contributed by atoms with van der Waals surface area (Å²) in [5.41, 5.74) is 1.40. The van der Waals surface area contributed by atoms with Crippen LogP contribution >= 0.6 is 0 Å². The fourth-order valence-electron chi connectivity index (χ4n) is 1.11. The lowest BCUT2D eigenvalue weighted by Gasteiger charge is -2.25. The summed E-state index contributed by atoms with van der Waals surface area (Å²) in [5, 5.41) is 0. The largest absolute Gasteiger partial charge is 0.273 e. The zero-order valence-electron chi connectivity index (χ0n) is 5.93. The van der Waals surface area contributed by atoms with Crippen molar-refractivity contribution in [2.24, 2.45) is 10.9 Å². The molecule has 1 aliphatic carbocycles. The summed E-state index contributed by atoms with van der Waals surface area (Å²) in [6.07, 6.45) is 5.99. The maximum atomic E-state index is 3.73. The Balaban J connectivity index is 2.39. The van der Waals surface area contributed by atoms with Crippen molar-refractivity contribution < 1.29 is 0 Å². The van der Waals surface area contributed by atoms with E-state index in [1.165, 1.54) is 24.8 Å². The van der Waals surface area contributed by atoms with Gasteiger partial charge in [-0.1, -0.05) is 12.0 Å². The van der Waals surface area contributed by atoms with E-state index in [1.807, 2.05) is 6.20 Å². The molecule has 1 aliphatic rings. The van der Waals surface area contributed by atoms with Gasteiger partial charge < -0.3 is 0 Å². The summed E-state index contributed by atoms with van der Waals surface area (Å²) >= 11 is 0. The Labute approximate surface area is 56.5 Å². The van der Waals surface area contributed by atoms with Crippen LogP contribution in [-0.2, 0) is 0 Å². The Morgan fingerprint density at radius 1 is 1.67 bits per heavy atom. The molecule has 0 amide bonds. The average molecular weight is 123 g/mol. The summed E-state index contributed by atoms with van der Waals surface area (Å²) in [7, 11) is 0. The summed E-state index contributed by atoms with van der Waals surface area (Å²) in [5.74, 6) is 0.829. The smallest absolute Gasteiger partial charge is 0.0252 e. The maximum absolute atomic E-state index is 3.73. The van der Waals surface area contributed by atoms with Crippen molar-refractivity contribution in [1.29, 1.82) is 0 Å². The standard InChI is InChI=1S/C8H13N/c1-7(6-9-2)8-4-3-5-8/h6,8H,2-5H2,1H3/b7-6-. The molecule has 0 aromatic heterocycles. The van der Waals surface area contributed by atoms with E-state index < -0.39 is 0 Å². The zero-order valence-corrected chi connectivity index (χ0v) is 5.93. The molecule has 0 spiro atoms. The van der Waals surface area contributed by atoms with Crippen molar-refractivity contribution in [3.8, 4) is 0 Å². The van der Waals surface area contributed by atoms with Gasteiger partial charge in [-0.2, -0.15) is 0 Å². The molecule has 0 saturated heterocycles. The summed E-state index contributed by atoms with van der Waals surface area (Å²) in [6, 6.07) is 0. The van der Waals surface area contributed by atoms with Crippen molar-refractivity contribution >= 4 is 6.72 Å². The van der Waals surface area contributed by atoms with E-state index in [1.54, 1.807) is 0 Å². The van der Waals surface area contributed by atoms with E-state index in [0.717, 1.165) is 5.92 Å². The minimum atomic E-state index is 0.829. The molecule has 0 aromatic carbocycles. The van der Waals surface area contributed by atoms with Crippen molar-refractivity contribution in [1.82, 2.24) is 0 Å². The monoisotopic (exact) mass is 123 g/mol. The fourth-order valence-corrected chi connectivity index (χ4v) is 1.11. The van der Waals surface area contributed by atoms with Crippen molar-refractivity contribution in [3.05, 3.63) is 11.8 Å². The number of hydrogen-bond acceptors (Lipinski definition) is 1. The van der Waals surface area contributed by atoms with Crippen LogP contribution < -0.4 is 0 Å². The van der Waals surface area contributed by atoms with E-state index in [-0.39, 0.29) is 0 Å². The molecule has 50 valence electrons. The van der Waals surface area contributed by atoms with Gasteiger partial charge in [0.1, 0.15) is 0 Å². The van der Waals surface area contributed by atoms with Crippen LogP contribution in [0.2, 0.25) is 0 Å². The van der Waals surface area contributed by atoms with E-state index in [0.29, 0.717) is 0 Å². The normalized spacial score (nSPS) is 21.2. The third kappa shape index (κ3) is 1.41. The highest BCUT2D eigenvalue weighted by atomic mass is 14.6. The van der Waals surface area contributed by atoms with Gasteiger partial charge in [0, 0.05) is 6.20 Å². The van der Waals surface area contributed by atoms with Crippen molar-refractivity contribution in [2.75, 3.05) is 0 Å². The highest BCUT2D eigenvalue weighted by Gasteiger charge is 2.18. The molecule has 1 rings (SSSR count). The van der Waals surface area contributed by atoms with Crippen LogP contribution in [0.1, 0.15) is 26.2 Å². The van der Waals surface area contributed by atoms with Crippen LogP contribution in [0, 0.1) is 5.92 Å². The molecule has 0 bridgehead atoms. The minimum Gasteiger partial charge on any atom is -0.273 e. The molecular formula is C8H13N. The second-order valence-corrected chi connectivity index (χ2v) is 2.68. The second kappa shape index (κ2) is 2.81. The number of aliphatic imine (C=N–C) groups is 1. The van der Waals surface area contributed by atoms with Gasteiger partial charge in [-0.3, -0.25) is 4.99 Å². The van der Waals surface area contributed by atoms with E-state index in [2.05, 4.69) is 18.6 Å². The van der Waals surface area contributed by atoms with E-state index in [4.69, 9.17) is 0 Å². The topological polar surface area (TPSA) is 12.4 Å². The Hall–Kier alpha value is -0.590. The molecule has 1 saturated carbocycles. The van der Waals surface area contributed by atoms with Crippen LogP contribution in [0.4, 0.5) is 0 Å². The molecule has 1 nitrogen and oxygen atoms in total. The highest BCUT2D eigenvalue weighted by Crippen LogP contribution is 2.32. The molecule has 9 heavy (non-hydrogen) atoms. The molecule has 0 N–H and O–H groups in total. The maximum Gasteiger partial charge on any atom is 0.0252 e. The van der Waals surface area contributed by atoms with Gasteiger partial charge in [0.05, 0.1) is 0 Å². The lowest BCUT2D eigenvalue weighted by molar-refractivity contribution is 0.367. The molecule has 0 atom stereocenters. The Morgan fingerprint density at radius 3 is 2.67 bits per heavy atom. The average Bonchev–Trinajstić information content (AvgIpc) is 1.60. The first kappa shape index (κ1) is 6.53. The quantitative estimate of drug-likeness (QED) is 0.500. The third-order valence-corrected chi connectivity index (χ3v) is 2.04. The third-order valence-electron chi connectivity index (χ3n) is 2.04. The number of allylic oxidation sites excluding steroid dienone is 1. The Bertz CT molecular complexity index is 132. The SMILES string of the molecule is C=N/C=C(/C)C1CCC1. The summed E-state index contributed by atoms with van der Waals surface area (Å²) in [6.45, 7) is 5.55. The second-order valence-electron chi connectivity index (χ2n) is 2.68. The van der Waals surface area contributed by atoms with Gasteiger partial charge in [-0.15, -0.1) is 0 Å². The Morgan fingerprint density at radius 2 is 2.33 bits per heavy atom. The van der Waals surface area contributed by atoms with E-state index in [9.17, 15) is 0 Å². The number of hydrogen-bond donors (Lipinski definition) is 0. The predicted octanol–water partition coefficient (Wildman–Crippen LogP) is 2.39.